The van der Waals surface area contributed by atoms with Crippen LogP contribution in [-0.4, -0.2) is 18.4 Å². The lowest BCUT2D eigenvalue weighted by Gasteiger charge is -2.17. The number of amides is 2. The molecule has 0 saturated carbocycles. The van der Waals surface area contributed by atoms with Crippen molar-refractivity contribution in [3.63, 3.8) is 0 Å². The van der Waals surface area contributed by atoms with Gasteiger partial charge < -0.3 is 15.4 Å². The van der Waals surface area contributed by atoms with E-state index in [0.29, 0.717) is 11.4 Å². The molecule has 0 aromatic heterocycles. The molecule has 1 unspecified atom stereocenters. The van der Waals surface area contributed by atoms with Crippen molar-refractivity contribution >= 4 is 35.0 Å². The third-order valence-electron chi connectivity index (χ3n) is 5.16. The number of thioether (sulfide) groups is 1. The summed E-state index contributed by atoms with van der Waals surface area (Å²) in [6, 6.07) is 34.1. The Labute approximate surface area is 209 Å². The van der Waals surface area contributed by atoms with Gasteiger partial charge in [0.1, 0.15) is 11.0 Å². The van der Waals surface area contributed by atoms with E-state index in [2.05, 4.69) is 10.6 Å². The third-order valence-corrected chi connectivity index (χ3v) is 6.43. The number of ether oxygens (including phenoxy) is 1. The fourth-order valence-electron chi connectivity index (χ4n) is 3.36. The molecule has 1 atom stereocenters. The first kappa shape index (κ1) is 24.1. The quantitative estimate of drug-likeness (QED) is 0.268. The summed E-state index contributed by atoms with van der Waals surface area (Å²) >= 11 is 1.46. The van der Waals surface area contributed by atoms with Gasteiger partial charge in [-0.25, -0.2) is 0 Å². The Morgan fingerprint density at radius 1 is 0.743 bits per heavy atom. The summed E-state index contributed by atoms with van der Waals surface area (Å²) in [5.41, 5.74) is 3.47. The van der Waals surface area contributed by atoms with E-state index in [0.717, 1.165) is 21.7 Å². The van der Waals surface area contributed by atoms with Gasteiger partial charge in [0.15, 0.2) is 6.61 Å². The highest BCUT2D eigenvalue weighted by Gasteiger charge is 2.22. The summed E-state index contributed by atoms with van der Waals surface area (Å²) in [6.07, 6.45) is 0. The van der Waals surface area contributed by atoms with E-state index in [1.165, 1.54) is 11.8 Å². The minimum absolute atomic E-state index is 0.0736. The molecule has 0 bridgehead atoms. The average Bonchev–Trinajstić information content (AvgIpc) is 2.89. The molecular weight excluding hydrogens is 456 g/mol. The lowest BCUT2D eigenvalue weighted by molar-refractivity contribution is -0.118. The molecule has 0 heterocycles. The second-order valence-corrected chi connectivity index (χ2v) is 9.12. The Balaban J connectivity index is 1.40. The molecule has 0 saturated heterocycles. The van der Waals surface area contributed by atoms with Crippen LogP contribution in [0.3, 0.4) is 0 Å². The Morgan fingerprint density at radius 3 is 1.97 bits per heavy atom. The van der Waals surface area contributed by atoms with Gasteiger partial charge in [-0.1, -0.05) is 66.2 Å². The van der Waals surface area contributed by atoms with E-state index in [9.17, 15) is 9.59 Å². The van der Waals surface area contributed by atoms with Gasteiger partial charge in [0, 0.05) is 16.3 Å². The molecule has 0 spiro atoms. The number of aryl methyl sites for hydroxylation is 1. The smallest absolute Gasteiger partial charge is 0.262 e. The number of anilines is 2. The Kier molecular flexibility index (Phi) is 8.20. The van der Waals surface area contributed by atoms with Crippen LogP contribution in [0, 0.1) is 6.92 Å². The second-order valence-electron chi connectivity index (χ2n) is 7.94. The minimum atomic E-state index is -0.433. The van der Waals surface area contributed by atoms with Crippen molar-refractivity contribution in [1.82, 2.24) is 0 Å². The van der Waals surface area contributed by atoms with Gasteiger partial charge in [0.25, 0.3) is 5.91 Å². The zero-order chi connectivity index (χ0) is 24.5. The van der Waals surface area contributed by atoms with Crippen LogP contribution in [0.15, 0.2) is 114 Å². The highest BCUT2D eigenvalue weighted by atomic mass is 32.2. The largest absolute Gasteiger partial charge is 0.484 e. The Morgan fingerprint density at radius 2 is 1.31 bits per heavy atom. The Bertz CT molecular complexity index is 1240. The van der Waals surface area contributed by atoms with Gasteiger partial charge in [0.05, 0.1) is 0 Å². The molecule has 0 aliphatic rings. The zero-order valence-corrected chi connectivity index (χ0v) is 20.1. The molecule has 2 amide bonds. The lowest BCUT2D eigenvalue weighted by atomic mass is 10.1. The lowest BCUT2D eigenvalue weighted by Crippen LogP contribution is -2.20. The monoisotopic (exact) mass is 482 g/mol. The van der Waals surface area contributed by atoms with Crippen LogP contribution < -0.4 is 15.4 Å². The first-order valence-corrected chi connectivity index (χ1v) is 12.1. The molecule has 0 aliphatic heterocycles. The molecule has 4 aromatic carbocycles. The number of hydrogen-bond acceptors (Lipinski definition) is 4. The molecule has 5 nitrogen and oxygen atoms in total. The number of rotatable bonds is 9. The van der Waals surface area contributed by atoms with Crippen LogP contribution in [0.5, 0.6) is 5.75 Å². The maximum Gasteiger partial charge on any atom is 0.262 e. The van der Waals surface area contributed by atoms with Crippen molar-refractivity contribution in [2.45, 2.75) is 17.1 Å². The predicted molar refractivity (Wildman–Crippen MR) is 142 cm³/mol. The van der Waals surface area contributed by atoms with Crippen LogP contribution in [-0.2, 0) is 9.59 Å². The highest BCUT2D eigenvalue weighted by Crippen LogP contribution is 2.36. The molecule has 176 valence electrons. The fraction of sp³-hybridized carbons (Fsp3) is 0.103. The third kappa shape index (κ3) is 7.22. The molecule has 4 rings (SSSR count). The number of nitrogens with one attached hydrogen (secondary N) is 2. The van der Waals surface area contributed by atoms with Crippen LogP contribution in [0.4, 0.5) is 11.4 Å². The number of carbonyl (C=O) groups excluding carboxylic acids is 2. The van der Waals surface area contributed by atoms with Crippen LogP contribution in [0.1, 0.15) is 16.4 Å². The first-order chi connectivity index (χ1) is 17.1. The van der Waals surface area contributed by atoms with E-state index in [1.807, 2.05) is 104 Å². The molecule has 2 N–H and O–H groups in total. The van der Waals surface area contributed by atoms with Gasteiger partial charge >= 0.3 is 0 Å². The van der Waals surface area contributed by atoms with Crippen LogP contribution in [0.2, 0.25) is 0 Å². The summed E-state index contributed by atoms with van der Waals surface area (Å²) in [6.45, 7) is 1.94. The van der Waals surface area contributed by atoms with Gasteiger partial charge in [-0.3, -0.25) is 9.59 Å². The number of para-hydroxylation sites is 1. The number of hydrogen-bond donors (Lipinski definition) is 2. The first-order valence-electron chi connectivity index (χ1n) is 11.2. The van der Waals surface area contributed by atoms with Gasteiger partial charge in [0.2, 0.25) is 5.91 Å². The SMILES string of the molecule is Cc1ccc(NC(=O)C(Sc2ccc(NC(=O)COc3ccccc3)cc2)c2ccccc2)cc1. The molecule has 6 heteroatoms. The van der Waals surface area contributed by atoms with Crippen LogP contribution >= 0.6 is 11.8 Å². The molecule has 0 fully saturated rings. The summed E-state index contributed by atoms with van der Waals surface area (Å²) in [5, 5.41) is 5.42. The van der Waals surface area contributed by atoms with Crippen molar-refractivity contribution in [2.24, 2.45) is 0 Å². The van der Waals surface area contributed by atoms with E-state index >= 15 is 0 Å². The van der Waals surface area contributed by atoms with Crippen molar-refractivity contribution in [3.05, 3.63) is 120 Å². The maximum absolute atomic E-state index is 13.2. The van der Waals surface area contributed by atoms with Gasteiger partial charge in [-0.2, -0.15) is 0 Å². The fourth-order valence-corrected chi connectivity index (χ4v) is 4.39. The highest BCUT2D eigenvalue weighted by molar-refractivity contribution is 8.00. The van der Waals surface area contributed by atoms with E-state index < -0.39 is 5.25 Å². The zero-order valence-electron chi connectivity index (χ0n) is 19.3. The van der Waals surface area contributed by atoms with Crippen molar-refractivity contribution in [1.29, 1.82) is 0 Å². The summed E-state index contributed by atoms with van der Waals surface area (Å²) < 4.78 is 5.49. The summed E-state index contributed by atoms with van der Waals surface area (Å²) in [5.74, 6) is 0.305. The molecule has 0 radical (unpaired) electrons. The van der Waals surface area contributed by atoms with E-state index in [-0.39, 0.29) is 18.4 Å². The average molecular weight is 483 g/mol. The number of benzene rings is 4. The topological polar surface area (TPSA) is 67.4 Å². The van der Waals surface area contributed by atoms with E-state index in [4.69, 9.17) is 4.74 Å². The van der Waals surface area contributed by atoms with E-state index in [1.54, 1.807) is 12.1 Å². The molecule has 4 aromatic rings. The minimum Gasteiger partial charge on any atom is -0.484 e. The normalized spacial score (nSPS) is 11.3. The Hall–Kier alpha value is -4.03. The van der Waals surface area contributed by atoms with Crippen molar-refractivity contribution in [2.75, 3.05) is 17.2 Å². The maximum atomic E-state index is 13.2. The predicted octanol–water partition coefficient (Wildman–Crippen LogP) is 6.48. The molecule has 0 aliphatic carbocycles. The molecular formula is C29H26N2O3S. The summed E-state index contributed by atoms with van der Waals surface area (Å²) in [4.78, 5) is 26.3. The second kappa shape index (κ2) is 11.9. The standard InChI is InChI=1S/C29H26N2O3S/c1-21-12-14-24(15-13-21)31-29(33)28(22-8-4-2-5-9-22)35-26-18-16-23(17-19-26)30-27(32)20-34-25-10-6-3-7-11-25/h2-19,28H,20H2,1H3,(H,30,32)(H,31,33). The summed E-state index contributed by atoms with van der Waals surface area (Å²) in [7, 11) is 0. The van der Waals surface area contributed by atoms with Gasteiger partial charge in [-0.15, -0.1) is 11.8 Å². The number of carbonyl (C=O) groups is 2. The van der Waals surface area contributed by atoms with Gasteiger partial charge in [-0.05, 0) is 61.0 Å². The molecule has 35 heavy (non-hydrogen) atoms. The van der Waals surface area contributed by atoms with Crippen LogP contribution in [0.25, 0.3) is 0 Å². The van der Waals surface area contributed by atoms with Crippen molar-refractivity contribution < 1.29 is 14.3 Å². The van der Waals surface area contributed by atoms with Crippen molar-refractivity contribution in [3.8, 4) is 5.75 Å².